The van der Waals surface area contributed by atoms with Crippen LogP contribution in [-0.4, -0.2) is 68.0 Å². The maximum atomic E-state index is 13.2. The maximum absolute atomic E-state index is 13.2. The summed E-state index contributed by atoms with van der Waals surface area (Å²) < 4.78 is 5.78. The van der Waals surface area contributed by atoms with Crippen LogP contribution in [0.25, 0.3) is 0 Å². The number of hydrogen-bond acceptors (Lipinski definition) is 4. The highest BCUT2D eigenvalue weighted by atomic mass is 16.5. The Morgan fingerprint density at radius 1 is 0.967 bits per heavy atom. The number of hydrogen-bond donors (Lipinski definition) is 0. The summed E-state index contributed by atoms with van der Waals surface area (Å²) in [5.74, 6) is 1.12. The Kier molecular flexibility index (Phi) is 6.33. The first-order valence-corrected chi connectivity index (χ1v) is 10.7. The molecule has 30 heavy (non-hydrogen) atoms. The first kappa shape index (κ1) is 20.4. The van der Waals surface area contributed by atoms with Gasteiger partial charge < -0.3 is 14.5 Å². The second-order valence-electron chi connectivity index (χ2n) is 7.98. The molecule has 2 aliphatic rings. The average molecular weight is 408 g/mol. The van der Waals surface area contributed by atoms with Crippen molar-refractivity contribution in [3.63, 3.8) is 0 Å². The van der Waals surface area contributed by atoms with Gasteiger partial charge in [0.25, 0.3) is 5.91 Å². The number of anilines is 1. The van der Waals surface area contributed by atoms with Gasteiger partial charge in [-0.2, -0.15) is 0 Å². The SMILES string of the molecule is CN(C(=O)C1CC1)c1ccccc1C(=O)N1CCN(CCOc2ccccc2)CC1. The highest BCUT2D eigenvalue weighted by Crippen LogP contribution is 2.33. The molecule has 0 aromatic heterocycles. The van der Waals surface area contributed by atoms with E-state index in [9.17, 15) is 9.59 Å². The number of carbonyl (C=O) groups is 2. The standard InChI is InChI=1S/C24H29N3O3/c1-25(23(28)19-11-12-19)22-10-6-5-9-21(22)24(29)27-15-13-26(14-16-27)17-18-30-20-7-3-2-4-8-20/h2-10,19H,11-18H2,1H3. The van der Waals surface area contributed by atoms with E-state index in [0.29, 0.717) is 30.9 Å². The minimum atomic E-state index is 0.00114. The second kappa shape index (κ2) is 9.30. The van der Waals surface area contributed by atoms with Crippen LogP contribution in [0.5, 0.6) is 5.75 Å². The van der Waals surface area contributed by atoms with Crippen molar-refractivity contribution in [3.8, 4) is 5.75 Å². The van der Waals surface area contributed by atoms with Crippen molar-refractivity contribution in [3.05, 3.63) is 60.2 Å². The van der Waals surface area contributed by atoms with Crippen molar-refractivity contribution < 1.29 is 14.3 Å². The molecule has 0 unspecified atom stereocenters. The Bertz CT molecular complexity index is 874. The van der Waals surface area contributed by atoms with E-state index in [2.05, 4.69) is 4.90 Å². The van der Waals surface area contributed by atoms with E-state index in [-0.39, 0.29) is 17.7 Å². The molecule has 1 saturated carbocycles. The van der Waals surface area contributed by atoms with Gasteiger partial charge in [-0.15, -0.1) is 0 Å². The summed E-state index contributed by atoms with van der Waals surface area (Å²) in [5, 5.41) is 0. The van der Waals surface area contributed by atoms with E-state index >= 15 is 0 Å². The minimum Gasteiger partial charge on any atom is -0.492 e. The Labute approximate surface area is 178 Å². The largest absolute Gasteiger partial charge is 0.492 e. The van der Waals surface area contributed by atoms with E-state index in [4.69, 9.17) is 4.74 Å². The van der Waals surface area contributed by atoms with E-state index in [1.54, 1.807) is 11.9 Å². The van der Waals surface area contributed by atoms with Crippen molar-refractivity contribution >= 4 is 17.5 Å². The van der Waals surface area contributed by atoms with Crippen LogP contribution in [0.4, 0.5) is 5.69 Å². The Morgan fingerprint density at radius 2 is 1.63 bits per heavy atom. The van der Waals surface area contributed by atoms with Gasteiger partial charge in [-0.3, -0.25) is 14.5 Å². The molecule has 1 heterocycles. The lowest BCUT2D eigenvalue weighted by molar-refractivity contribution is -0.119. The topological polar surface area (TPSA) is 53.1 Å². The zero-order chi connectivity index (χ0) is 20.9. The van der Waals surface area contributed by atoms with Crippen LogP contribution in [-0.2, 0) is 4.79 Å². The smallest absolute Gasteiger partial charge is 0.256 e. The molecule has 2 fully saturated rings. The van der Waals surface area contributed by atoms with Crippen molar-refractivity contribution in [1.29, 1.82) is 0 Å². The normalized spacial score (nSPS) is 16.9. The summed E-state index contributed by atoms with van der Waals surface area (Å²) >= 11 is 0. The fourth-order valence-corrected chi connectivity index (χ4v) is 3.82. The molecule has 6 heteroatoms. The summed E-state index contributed by atoms with van der Waals surface area (Å²) in [6, 6.07) is 17.3. The highest BCUT2D eigenvalue weighted by Gasteiger charge is 2.34. The highest BCUT2D eigenvalue weighted by molar-refractivity contribution is 6.05. The van der Waals surface area contributed by atoms with Gasteiger partial charge in [0, 0.05) is 45.7 Å². The molecule has 0 spiro atoms. The van der Waals surface area contributed by atoms with Crippen molar-refractivity contribution in [2.75, 3.05) is 51.3 Å². The van der Waals surface area contributed by atoms with E-state index in [1.807, 2.05) is 59.5 Å². The molecule has 0 radical (unpaired) electrons. The number of para-hydroxylation sites is 2. The first-order valence-electron chi connectivity index (χ1n) is 10.7. The van der Waals surface area contributed by atoms with Gasteiger partial charge in [0.05, 0.1) is 11.3 Å². The van der Waals surface area contributed by atoms with Gasteiger partial charge in [0.2, 0.25) is 5.91 Å². The van der Waals surface area contributed by atoms with Crippen LogP contribution in [0.2, 0.25) is 0 Å². The zero-order valence-corrected chi connectivity index (χ0v) is 17.5. The average Bonchev–Trinajstić information content (AvgIpc) is 3.64. The monoisotopic (exact) mass is 407 g/mol. The van der Waals surface area contributed by atoms with Crippen LogP contribution in [0, 0.1) is 5.92 Å². The molecule has 0 bridgehead atoms. The van der Waals surface area contributed by atoms with Crippen LogP contribution >= 0.6 is 0 Å². The second-order valence-corrected chi connectivity index (χ2v) is 7.98. The molecule has 0 atom stereocenters. The molecular weight excluding hydrogens is 378 g/mol. The predicted octanol–water partition coefficient (Wildman–Crippen LogP) is 2.90. The number of ether oxygens (including phenoxy) is 1. The number of rotatable bonds is 7. The zero-order valence-electron chi connectivity index (χ0n) is 17.5. The molecule has 4 rings (SSSR count). The molecule has 2 aromatic rings. The first-order chi connectivity index (χ1) is 14.6. The number of piperazine rings is 1. The number of nitrogens with zero attached hydrogens (tertiary/aromatic N) is 3. The lowest BCUT2D eigenvalue weighted by atomic mass is 10.1. The summed E-state index contributed by atoms with van der Waals surface area (Å²) in [4.78, 5) is 31.5. The third-order valence-electron chi connectivity index (χ3n) is 5.83. The lowest BCUT2D eigenvalue weighted by Crippen LogP contribution is -2.49. The molecular formula is C24H29N3O3. The quantitative estimate of drug-likeness (QED) is 0.708. The lowest BCUT2D eigenvalue weighted by Gasteiger charge is -2.35. The van der Waals surface area contributed by atoms with E-state index in [1.165, 1.54) is 0 Å². The molecule has 6 nitrogen and oxygen atoms in total. The van der Waals surface area contributed by atoms with Crippen LogP contribution in [0.1, 0.15) is 23.2 Å². The molecule has 1 aliphatic heterocycles. The van der Waals surface area contributed by atoms with Crippen LogP contribution < -0.4 is 9.64 Å². The Hall–Kier alpha value is -2.86. The van der Waals surface area contributed by atoms with E-state index < -0.39 is 0 Å². The van der Waals surface area contributed by atoms with Gasteiger partial charge in [-0.1, -0.05) is 30.3 Å². The molecule has 158 valence electrons. The van der Waals surface area contributed by atoms with Gasteiger partial charge in [0.15, 0.2) is 0 Å². The van der Waals surface area contributed by atoms with Crippen molar-refractivity contribution in [1.82, 2.24) is 9.80 Å². The van der Waals surface area contributed by atoms with E-state index in [0.717, 1.165) is 38.2 Å². The molecule has 2 aromatic carbocycles. The minimum absolute atomic E-state index is 0.00114. The third kappa shape index (κ3) is 4.82. The summed E-state index contributed by atoms with van der Waals surface area (Å²) in [6.07, 6.45) is 1.91. The summed E-state index contributed by atoms with van der Waals surface area (Å²) in [7, 11) is 1.78. The molecule has 0 N–H and O–H groups in total. The van der Waals surface area contributed by atoms with Gasteiger partial charge in [-0.05, 0) is 37.1 Å². The number of carbonyl (C=O) groups excluding carboxylic acids is 2. The van der Waals surface area contributed by atoms with Crippen LogP contribution in [0.3, 0.4) is 0 Å². The maximum Gasteiger partial charge on any atom is 0.256 e. The molecule has 1 saturated heterocycles. The van der Waals surface area contributed by atoms with Gasteiger partial charge in [-0.25, -0.2) is 0 Å². The number of benzene rings is 2. The van der Waals surface area contributed by atoms with Crippen molar-refractivity contribution in [2.24, 2.45) is 5.92 Å². The van der Waals surface area contributed by atoms with Gasteiger partial charge in [0.1, 0.15) is 12.4 Å². The Balaban J connectivity index is 1.31. The van der Waals surface area contributed by atoms with Gasteiger partial charge >= 0.3 is 0 Å². The number of amides is 2. The predicted molar refractivity (Wildman–Crippen MR) is 117 cm³/mol. The fraction of sp³-hybridized carbons (Fsp3) is 0.417. The molecule has 2 amide bonds. The fourth-order valence-electron chi connectivity index (χ4n) is 3.82. The Morgan fingerprint density at radius 3 is 2.33 bits per heavy atom. The molecule has 1 aliphatic carbocycles. The summed E-state index contributed by atoms with van der Waals surface area (Å²) in [5.41, 5.74) is 1.31. The van der Waals surface area contributed by atoms with Crippen molar-refractivity contribution in [2.45, 2.75) is 12.8 Å². The third-order valence-corrected chi connectivity index (χ3v) is 5.83. The summed E-state index contributed by atoms with van der Waals surface area (Å²) in [6.45, 7) is 4.48. The van der Waals surface area contributed by atoms with Crippen LogP contribution in [0.15, 0.2) is 54.6 Å².